The highest BCUT2D eigenvalue weighted by Crippen LogP contribution is 2.32. The highest BCUT2D eigenvalue weighted by Gasteiger charge is 2.17. The molecule has 10 heteroatoms. The molecule has 3 aromatic carbocycles. The molecule has 9 nitrogen and oxygen atoms in total. The minimum absolute atomic E-state index is 0.0874. The molecule has 5 rings (SSSR count). The van der Waals surface area contributed by atoms with Gasteiger partial charge in [-0.2, -0.15) is 0 Å². The van der Waals surface area contributed by atoms with Gasteiger partial charge in [0.15, 0.2) is 5.82 Å². The van der Waals surface area contributed by atoms with Crippen LogP contribution in [0.15, 0.2) is 91.0 Å². The van der Waals surface area contributed by atoms with Gasteiger partial charge in [0.25, 0.3) is 0 Å². The molecule has 0 radical (unpaired) electrons. The molecule has 0 saturated heterocycles. The molecule has 0 aliphatic carbocycles. The lowest BCUT2D eigenvalue weighted by Gasteiger charge is -2.25. The van der Waals surface area contributed by atoms with Gasteiger partial charge in [0.1, 0.15) is 11.6 Å². The van der Waals surface area contributed by atoms with Gasteiger partial charge in [0, 0.05) is 36.0 Å². The van der Waals surface area contributed by atoms with Crippen molar-refractivity contribution in [3.63, 3.8) is 0 Å². The Morgan fingerprint density at radius 2 is 1.67 bits per heavy atom. The third kappa shape index (κ3) is 6.24. The number of para-hydroxylation sites is 1. The zero-order valence-electron chi connectivity index (χ0n) is 21.3. The van der Waals surface area contributed by atoms with Crippen molar-refractivity contribution in [1.82, 2.24) is 25.6 Å². The van der Waals surface area contributed by atoms with Crippen LogP contribution in [0.3, 0.4) is 0 Å². The van der Waals surface area contributed by atoms with E-state index in [2.05, 4.69) is 55.2 Å². The van der Waals surface area contributed by atoms with Crippen molar-refractivity contribution in [3.05, 3.63) is 102 Å². The highest BCUT2D eigenvalue weighted by molar-refractivity contribution is 6.00. The van der Waals surface area contributed by atoms with Gasteiger partial charge in [0.05, 0.1) is 11.4 Å². The van der Waals surface area contributed by atoms with E-state index < -0.39 is 11.8 Å². The maximum Gasteiger partial charge on any atom is 0.323 e. The average Bonchev–Trinajstić information content (AvgIpc) is 3.50. The van der Waals surface area contributed by atoms with Gasteiger partial charge in [-0.25, -0.2) is 19.3 Å². The number of rotatable bonds is 9. The first-order valence-corrected chi connectivity index (χ1v) is 12.6. The molecule has 39 heavy (non-hydrogen) atoms. The number of carbonyl (C=O) groups excluding carboxylic acids is 1. The van der Waals surface area contributed by atoms with Crippen molar-refractivity contribution in [1.29, 1.82) is 0 Å². The fourth-order valence-electron chi connectivity index (χ4n) is 4.27. The van der Waals surface area contributed by atoms with Crippen LogP contribution in [0.4, 0.5) is 26.4 Å². The van der Waals surface area contributed by atoms with E-state index in [0.717, 1.165) is 29.7 Å². The van der Waals surface area contributed by atoms with E-state index in [-0.39, 0.29) is 5.69 Å². The second-order valence-corrected chi connectivity index (χ2v) is 8.86. The standard InChI is InChI=1S/C29H27FN8O/c1-2-16-38(19-20-10-4-3-5-11-20)27-18-21(31-29(39)33-25-15-9-8-14-24(25)30)17-26(32-27)22-12-6-7-13-23(22)28-34-36-37-35-28/h3-15,17-18H,2,16,19H2,1H3,(H2,31,32,33,39)(H,34,35,36,37). The number of urea groups is 1. The van der Waals surface area contributed by atoms with Crippen LogP contribution >= 0.6 is 0 Å². The summed E-state index contributed by atoms with van der Waals surface area (Å²) in [6.07, 6.45) is 0.898. The van der Waals surface area contributed by atoms with Crippen LogP contribution in [-0.2, 0) is 6.54 Å². The number of tetrazole rings is 1. The predicted octanol–water partition coefficient (Wildman–Crippen LogP) is 6.13. The summed E-state index contributed by atoms with van der Waals surface area (Å²) in [5.41, 5.74) is 3.89. The fourth-order valence-corrected chi connectivity index (χ4v) is 4.27. The Bertz CT molecular complexity index is 1540. The van der Waals surface area contributed by atoms with E-state index >= 15 is 0 Å². The number of aromatic amines is 1. The van der Waals surface area contributed by atoms with Gasteiger partial charge in [0.2, 0.25) is 0 Å². The molecule has 0 spiro atoms. The molecular formula is C29H27FN8O. The third-order valence-corrected chi connectivity index (χ3v) is 6.03. The second kappa shape index (κ2) is 12.0. The van der Waals surface area contributed by atoms with Crippen molar-refractivity contribution in [2.45, 2.75) is 19.9 Å². The van der Waals surface area contributed by atoms with Crippen LogP contribution in [0, 0.1) is 5.82 Å². The molecule has 2 amide bonds. The molecule has 2 aromatic heterocycles. The topological polar surface area (TPSA) is 112 Å². The maximum absolute atomic E-state index is 14.1. The number of hydrogen-bond donors (Lipinski definition) is 3. The number of benzene rings is 3. The minimum atomic E-state index is -0.568. The van der Waals surface area contributed by atoms with E-state index in [0.29, 0.717) is 29.6 Å². The number of nitrogens with zero attached hydrogens (tertiary/aromatic N) is 5. The number of H-pyrrole nitrogens is 1. The molecule has 5 aromatic rings. The summed E-state index contributed by atoms with van der Waals surface area (Å²) < 4.78 is 14.1. The molecule has 0 fully saturated rings. The fraction of sp³-hybridized carbons (Fsp3) is 0.138. The summed E-state index contributed by atoms with van der Waals surface area (Å²) >= 11 is 0. The lowest BCUT2D eigenvalue weighted by molar-refractivity contribution is 0.262. The number of aromatic nitrogens is 5. The number of amides is 2. The van der Waals surface area contributed by atoms with Crippen LogP contribution in [0.25, 0.3) is 22.6 Å². The molecule has 196 valence electrons. The number of pyridine rings is 1. The summed E-state index contributed by atoms with van der Waals surface area (Å²) in [5, 5.41) is 19.7. The van der Waals surface area contributed by atoms with E-state index in [4.69, 9.17) is 4.98 Å². The quantitative estimate of drug-likeness (QED) is 0.215. The lowest BCUT2D eigenvalue weighted by atomic mass is 10.0. The third-order valence-electron chi connectivity index (χ3n) is 6.03. The smallest absolute Gasteiger partial charge is 0.323 e. The molecule has 0 atom stereocenters. The molecule has 0 aliphatic heterocycles. The molecule has 0 unspecified atom stereocenters. The highest BCUT2D eigenvalue weighted by atomic mass is 19.1. The Labute approximate surface area is 225 Å². The monoisotopic (exact) mass is 522 g/mol. The Morgan fingerprint density at radius 3 is 2.41 bits per heavy atom. The second-order valence-electron chi connectivity index (χ2n) is 8.86. The lowest BCUT2D eigenvalue weighted by Crippen LogP contribution is -2.25. The summed E-state index contributed by atoms with van der Waals surface area (Å²) in [7, 11) is 0. The van der Waals surface area contributed by atoms with Gasteiger partial charge in [-0.05, 0) is 40.6 Å². The molecule has 0 bridgehead atoms. The predicted molar refractivity (Wildman–Crippen MR) is 150 cm³/mol. The molecular weight excluding hydrogens is 495 g/mol. The number of anilines is 3. The first kappa shape index (κ1) is 25.5. The zero-order chi connectivity index (χ0) is 27.0. The number of carbonyl (C=O) groups is 1. The number of nitrogens with one attached hydrogen (secondary N) is 3. The van der Waals surface area contributed by atoms with Crippen molar-refractivity contribution in [2.75, 3.05) is 22.1 Å². The normalized spacial score (nSPS) is 10.7. The van der Waals surface area contributed by atoms with Crippen molar-refractivity contribution in [3.8, 4) is 22.6 Å². The van der Waals surface area contributed by atoms with E-state index in [1.807, 2.05) is 48.5 Å². The Balaban J connectivity index is 1.55. The number of halogens is 1. The van der Waals surface area contributed by atoms with Crippen LogP contribution in [-0.4, -0.2) is 38.2 Å². The summed E-state index contributed by atoms with van der Waals surface area (Å²) in [5.74, 6) is 0.666. The minimum Gasteiger partial charge on any atom is -0.352 e. The van der Waals surface area contributed by atoms with Crippen molar-refractivity contribution >= 4 is 23.2 Å². The summed E-state index contributed by atoms with van der Waals surface area (Å²) in [6.45, 7) is 3.49. The Morgan fingerprint density at radius 1 is 0.923 bits per heavy atom. The Kier molecular flexibility index (Phi) is 7.82. The molecule has 3 N–H and O–H groups in total. The van der Waals surface area contributed by atoms with E-state index in [1.165, 1.54) is 12.1 Å². The van der Waals surface area contributed by atoms with Crippen LogP contribution < -0.4 is 15.5 Å². The van der Waals surface area contributed by atoms with E-state index in [9.17, 15) is 9.18 Å². The first-order chi connectivity index (χ1) is 19.1. The van der Waals surface area contributed by atoms with Gasteiger partial charge < -0.3 is 15.5 Å². The van der Waals surface area contributed by atoms with Gasteiger partial charge >= 0.3 is 6.03 Å². The van der Waals surface area contributed by atoms with Crippen LogP contribution in [0.1, 0.15) is 18.9 Å². The first-order valence-electron chi connectivity index (χ1n) is 12.6. The van der Waals surface area contributed by atoms with Crippen molar-refractivity contribution in [2.24, 2.45) is 0 Å². The zero-order valence-corrected chi connectivity index (χ0v) is 21.3. The number of hydrogen-bond acceptors (Lipinski definition) is 6. The van der Waals surface area contributed by atoms with Crippen LogP contribution in [0.5, 0.6) is 0 Å². The van der Waals surface area contributed by atoms with E-state index in [1.54, 1.807) is 18.2 Å². The summed E-state index contributed by atoms with van der Waals surface area (Å²) in [4.78, 5) is 20.0. The van der Waals surface area contributed by atoms with Gasteiger partial charge in [-0.1, -0.05) is 73.7 Å². The van der Waals surface area contributed by atoms with Crippen LogP contribution in [0.2, 0.25) is 0 Å². The SMILES string of the molecule is CCCN(Cc1ccccc1)c1cc(NC(=O)Nc2ccccc2F)cc(-c2ccccc2-c2nnn[nH]2)n1. The van der Waals surface area contributed by atoms with Gasteiger partial charge in [-0.15, -0.1) is 5.10 Å². The van der Waals surface area contributed by atoms with Crippen molar-refractivity contribution < 1.29 is 9.18 Å². The molecule has 0 saturated carbocycles. The summed E-state index contributed by atoms with van der Waals surface area (Å²) in [6, 6.07) is 26.8. The average molecular weight is 523 g/mol. The Hall–Kier alpha value is -5.12. The molecule has 0 aliphatic rings. The largest absolute Gasteiger partial charge is 0.352 e. The van der Waals surface area contributed by atoms with Gasteiger partial charge in [-0.3, -0.25) is 0 Å². The maximum atomic E-state index is 14.1. The molecule has 2 heterocycles.